The van der Waals surface area contributed by atoms with Gasteiger partial charge in [-0.1, -0.05) is 28.1 Å². The fraction of sp³-hybridized carbons (Fsp3) is 0.316. The molecule has 2 N–H and O–H groups in total. The lowest BCUT2D eigenvalue weighted by Gasteiger charge is -2.27. The Hall–Kier alpha value is -2.41. The molecule has 0 aliphatic carbocycles. The van der Waals surface area contributed by atoms with Gasteiger partial charge in [0.15, 0.2) is 11.5 Å². The van der Waals surface area contributed by atoms with Crippen molar-refractivity contribution in [2.45, 2.75) is 19.0 Å². The first kappa shape index (κ1) is 18.4. The van der Waals surface area contributed by atoms with Crippen LogP contribution >= 0.6 is 15.9 Å². The fourth-order valence-electron chi connectivity index (χ4n) is 2.99. The van der Waals surface area contributed by atoms with E-state index in [1.807, 2.05) is 36.4 Å². The number of nitrogens with one attached hydrogen (secondary N) is 2. The zero-order valence-electron chi connectivity index (χ0n) is 14.7. The van der Waals surface area contributed by atoms with Crippen LogP contribution in [0.3, 0.4) is 0 Å². The smallest absolute Gasteiger partial charge is 0.315 e. The molecule has 1 atom stereocenters. The summed E-state index contributed by atoms with van der Waals surface area (Å²) < 4.78 is 17.3. The summed E-state index contributed by atoms with van der Waals surface area (Å²) in [7, 11) is 3.17. The molecule has 1 aliphatic heterocycles. The molecule has 0 radical (unpaired) electrons. The zero-order chi connectivity index (χ0) is 18.5. The molecule has 0 fully saturated rings. The number of urea groups is 1. The lowest BCUT2D eigenvalue weighted by Crippen LogP contribution is -2.39. The van der Waals surface area contributed by atoms with Crippen molar-refractivity contribution in [2.75, 3.05) is 20.8 Å². The van der Waals surface area contributed by atoms with E-state index in [0.717, 1.165) is 27.8 Å². The average Bonchev–Trinajstić information content (AvgIpc) is 2.66. The summed E-state index contributed by atoms with van der Waals surface area (Å²) in [6, 6.07) is 11.0. The van der Waals surface area contributed by atoms with E-state index in [-0.39, 0.29) is 12.1 Å². The first-order chi connectivity index (χ1) is 12.6. The van der Waals surface area contributed by atoms with Crippen molar-refractivity contribution in [3.63, 3.8) is 0 Å². The number of halogens is 1. The van der Waals surface area contributed by atoms with Crippen LogP contribution in [0.15, 0.2) is 40.9 Å². The van der Waals surface area contributed by atoms with E-state index in [1.165, 1.54) is 0 Å². The van der Waals surface area contributed by atoms with Gasteiger partial charge < -0.3 is 24.8 Å². The van der Waals surface area contributed by atoms with Gasteiger partial charge in [-0.15, -0.1) is 0 Å². The number of methoxy groups -OCH3 is 2. The Labute approximate surface area is 161 Å². The normalized spacial score (nSPS) is 15.4. The van der Waals surface area contributed by atoms with Crippen LogP contribution < -0.4 is 24.8 Å². The van der Waals surface area contributed by atoms with Crippen LogP contribution in [0, 0.1) is 0 Å². The summed E-state index contributed by atoms with van der Waals surface area (Å²) in [6.45, 7) is 0.907. The predicted octanol–water partition coefficient (Wildman–Crippen LogP) is 3.79. The minimum atomic E-state index is -0.243. The lowest BCUT2D eigenvalue weighted by molar-refractivity contribution is 0.223. The maximum atomic E-state index is 12.4. The summed E-state index contributed by atoms with van der Waals surface area (Å²) in [5.41, 5.74) is 1.82. The van der Waals surface area contributed by atoms with Gasteiger partial charge in [-0.3, -0.25) is 0 Å². The van der Waals surface area contributed by atoms with Gasteiger partial charge in [-0.25, -0.2) is 4.79 Å². The lowest BCUT2D eigenvalue weighted by atomic mass is 10.0. The molecule has 2 aromatic rings. The van der Waals surface area contributed by atoms with Crippen molar-refractivity contribution in [3.05, 3.63) is 52.0 Å². The third-order valence-electron chi connectivity index (χ3n) is 4.24. The van der Waals surface area contributed by atoms with Crippen LogP contribution in [0.2, 0.25) is 0 Å². The van der Waals surface area contributed by atoms with Gasteiger partial charge in [0.1, 0.15) is 5.75 Å². The van der Waals surface area contributed by atoms with E-state index in [1.54, 1.807) is 14.2 Å². The molecule has 3 rings (SSSR count). The molecule has 6 nitrogen and oxygen atoms in total. The van der Waals surface area contributed by atoms with Crippen molar-refractivity contribution >= 4 is 22.0 Å². The van der Waals surface area contributed by atoms with Crippen LogP contribution in [0.25, 0.3) is 0 Å². The minimum absolute atomic E-state index is 0.0940. The third kappa shape index (κ3) is 4.04. The van der Waals surface area contributed by atoms with E-state index in [9.17, 15) is 4.79 Å². The highest BCUT2D eigenvalue weighted by Crippen LogP contribution is 2.34. The molecule has 0 bridgehead atoms. The number of ether oxygens (including phenoxy) is 3. The van der Waals surface area contributed by atoms with E-state index in [2.05, 4.69) is 26.6 Å². The highest BCUT2D eigenvalue weighted by Gasteiger charge is 2.23. The van der Waals surface area contributed by atoms with E-state index in [4.69, 9.17) is 14.2 Å². The molecule has 1 unspecified atom stereocenters. The Morgan fingerprint density at radius 2 is 2.12 bits per heavy atom. The van der Waals surface area contributed by atoms with Crippen LogP contribution in [-0.2, 0) is 6.54 Å². The number of benzene rings is 2. The van der Waals surface area contributed by atoms with Gasteiger partial charge in [-0.05, 0) is 24.3 Å². The SMILES string of the molecule is COc1cccc(CNC(=O)NC2CCOc3ccc(Br)cc32)c1OC. The monoisotopic (exact) mass is 420 g/mol. The van der Waals surface area contributed by atoms with Crippen molar-refractivity contribution in [3.8, 4) is 17.2 Å². The van der Waals surface area contributed by atoms with Gasteiger partial charge >= 0.3 is 6.03 Å². The van der Waals surface area contributed by atoms with E-state index in [0.29, 0.717) is 24.7 Å². The van der Waals surface area contributed by atoms with Crippen LogP contribution in [0.4, 0.5) is 4.79 Å². The molecular formula is C19H21BrN2O4. The number of carbonyl (C=O) groups excluding carboxylic acids is 1. The number of hydrogen-bond donors (Lipinski definition) is 2. The molecule has 2 aromatic carbocycles. The second-order valence-electron chi connectivity index (χ2n) is 5.85. The number of para-hydroxylation sites is 1. The minimum Gasteiger partial charge on any atom is -0.493 e. The number of amides is 2. The standard InChI is InChI=1S/C19H21BrN2O4/c1-24-17-5-3-4-12(18(17)25-2)11-21-19(23)22-15-8-9-26-16-7-6-13(20)10-14(15)16/h3-7,10,15H,8-9,11H2,1-2H3,(H2,21,22,23). The zero-order valence-corrected chi connectivity index (χ0v) is 16.3. The maximum Gasteiger partial charge on any atom is 0.315 e. The predicted molar refractivity (Wildman–Crippen MR) is 102 cm³/mol. The van der Waals surface area contributed by atoms with Crippen LogP contribution in [-0.4, -0.2) is 26.9 Å². The van der Waals surface area contributed by atoms with Gasteiger partial charge in [0, 0.05) is 28.6 Å². The summed E-state index contributed by atoms with van der Waals surface area (Å²) in [4.78, 5) is 12.4. The molecule has 0 saturated carbocycles. The van der Waals surface area contributed by atoms with Crippen molar-refractivity contribution in [2.24, 2.45) is 0 Å². The topological polar surface area (TPSA) is 68.8 Å². The second-order valence-corrected chi connectivity index (χ2v) is 6.77. The van der Waals surface area contributed by atoms with Gasteiger partial charge in [-0.2, -0.15) is 0 Å². The highest BCUT2D eigenvalue weighted by molar-refractivity contribution is 9.10. The van der Waals surface area contributed by atoms with Crippen molar-refractivity contribution in [1.29, 1.82) is 0 Å². The third-order valence-corrected chi connectivity index (χ3v) is 4.73. The molecule has 138 valence electrons. The molecule has 1 aliphatic rings. The van der Waals surface area contributed by atoms with Gasteiger partial charge in [0.05, 0.1) is 26.9 Å². The second kappa shape index (κ2) is 8.31. The van der Waals surface area contributed by atoms with Crippen molar-refractivity contribution in [1.82, 2.24) is 10.6 Å². The number of rotatable bonds is 5. The molecule has 0 saturated heterocycles. The van der Waals surface area contributed by atoms with Crippen molar-refractivity contribution < 1.29 is 19.0 Å². The molecular weight excluding hydrogens is 400 g/mol. The number of hydrogen-bond acceptors (Lipinski definition) is 4. The van der Waals surface area contributed by atoms with Crippen LogP contribution in [0.5, 0.6) is 17.2 Å². The maximum absolute atomic E-state index is 12.4. The van der Waals surface area contributed by atoms with Gasteiger partial charge in [0.25, 0.3) is 0 Å². The van der Waals surface area contributed by atoms with Gasteiger partial charge in [0.2, 0.25) is 0 Å². The Morgan fingerprint density at radius 1 is 1.27 bits per heavy atom. The summed E-state index contributed by atoms with van der Waals surface area (Å²) in [6.07, 6.45) is 0.722. The molecule has 26 heavy (non-hydrogen) atoms. The highest BCUT2D eigenvalue weighted by atomic mass is 79.9. The Balaban J connectivity index is 1.65. The molecule has 2 amide bonds. The first-order valence-corrected chi connectivity index (χ1v) is 9.08. The molecule has 1 heterocycles. The number of carbonyl (C=O) groups is 1. The van der Waals surface area contributed by atoms with E-state index < -0.39 is 0 Å². The first-order valence-electron chi connectivity index (χ1n) is 8.29. The quantitative estimate of drug-likeness (QED) is 0.771. The summed E-state index contributed by atoms with van der Waals surface area (Å²) in [5, 5.41) is 5.90. The average molecular weight is 421 g/mol. The Kier molecular flexibility index (Phi) is 5.88. The summed E-state index contributed by atoms with van der Waals surface area (Å²) in [5.74, 6) is 2.06. The Morgan fingerprint density at radius 3 is 2.88 bits per heavy atom. The van der Waals surface area contributed by atoms with E-state index >= 15 is 0 Å². The number of fused-ring (bicyclic) bond motifs is 1. The fourth-order valence-corrected chi connectivity index (χ4v) is 3.37. The molecule has 0 spiro atoms. The molecule has 0 aromatic heterocycles. The largest absolute Gasteiger partial charge is 0.493 e. The van der Waals surface area contributed by atoms with Crippen LogP contribution in [0.1, 0.15) is 23.6 Å². The summed E-state index contributed by atoms with van der Waals surface area (Å²) >= 11 is 3.47. The Bertz CT molecular complexity index is 797. The molecule has 7 heteroatoms.